The number of halogens is 1. The highest BCUT2D eigenvalue weighted by Crippen LogP contribution is 2.68. The van der Waals surface area contributed by atoms with E-state index in [4.69, 9.17) is 18.0 Å². The Hall–Kier alpha value is -0.940. The molecule has 0 unspecified atom stereocenters. The van der Waals surface area contributed by atoms with Gasteiger partial charge < -0.3 is 11.1 Å². The monoisotopic (exact) mass is 354 g/mol. The fourth-order valence-corrected chi connectivity index (χ4v) is 3.43. The third-order valence-corrected chi connectivity index (χ3v) is 5.69. The summed E-state index contributed by atoms with van der Waals surface area (Å²) < 4.78 is 0.785. The van der Waals surface area contributed by atoms with Crippen molar-refractivity contribution >= 4 is 44.7 Å². The van der Waals surface area contributed by atoms with Crippen LogP contribution < -0.4 is 11.1 Å². The highest BCUT2D eigenvalue weighted by atomic mass is 79.9. The Balaban J connectivity index is 2.16. The molecule has 1 saturated carbocycles. The standard InChI is InChI=1S/C15H19BrN2OS/c1-14(2)11(15(14,3)4)13(19)18-10-6-5-8(12(17)20)7-9(10)16/h5-7,11H,1-4H3,(H2,17,20)(H,18,19). The zero-order valence-corrected chi connectivity index (χ0v) is 14.5. The molecular formula is C15H19BrN2OS. The van der Waals surface area contributed by atoms with Gasteiger partial charge in [-0.15, -0.1) is 0 Å². The van der Waals surface area contributed by atoms with Crippen LogP contribution in [-0.4, -0.2) is 10.9 Å². The maximum Gasteiger partial charge on any atom is 0.228 e. The quantitative estimate of drug-likeness (QED) is 0.813. The first-order chi connectivity index (χ1) is 9.09. The van der Waals surface area contributed by atoms with E-state index in [-0.39, 0.29) is 22.7 Å². The van der Waals surface area contributed by atoms with Gasteiger partial charge in [0.05, 0.1) is 5.69 Å². The second-order valence-corrected chi connectivity index (χ2v) is 7.72. The fourth-order valence-electron chi connectivity index (χ4n) is 2.83. The molecule has 108 valence electrons. The summed E-state index contributed by atoms with van der Waals surface area (Å²) in [6.07, 6.45) is 0. The van der Waals surface area contributed by atoms with Crippen LogP contribution in [0.5, 0.6) is 0 Å². The predicted molar refractivity (Wildman–Crippen MR) is 89.7 cm³/mol. The number of nitrogens with two attached hydrogens (primary N) is 1. The molecule has 0 aromatic heterocycles. The molecule has 0 bridgehead atoms. The third kappa shape index (κ3) is 2.37. The molecule has 1 aromatic rings. The zero-order chi connectivity index (χ0) is 15.3. The zero-order valence-electron chi connectivity index (χ0n) is 12.1. The minimum Gasteiger partial charge on any atom is -0.389 e. The maximum absolute atomic E-state index is 12.4. The number of thiocarbonyl (C=S) groups is 1. The summed E-state index contributed by atoms with van der Waals surface area (Å²) in [4.78, 5) is 12.7. The van der Waals surface area contributed by atoms with E-state index >= 15 is 0 Å². The van der Waals surface area contributed by atoms with Gasteiger partial charge >= 0.3 is 0 Å². The van der Waals surface area contributed by atoms with Crippen LogP contribution >= 0.6 is 28.1 Å². The summed E-state index contributed by atoms with van der Waals surface area (Å²) in [6.45, 7) is 8.51. The number of amides is 1. The van der Waals surface area contributed by atoms with Crippen molar-refractivity contribution in [3.63, 3.8) is 0 Å². The first kappa shape index (κ1) is 15.4. The molecule has 1 aliphatic rings. The van der Waals surface area contributed by atoms with Gasteiger partial charge in [-0.25, -0.2) is 0 Å². The smallest absolute Gasteiger partial charge is 0.228 e. The number of carbonyl (C=O) groups is 1. The molecule has 1 amide bonds. The predicted octanol–water partition coefficient (Wildman–Crippen LogP) is 3.70. The molecule has 3 nitrogen and oxygen atoms in total. The molecule has 5 heteroatoms. The summed E-state index contributed by atoms with van der Waals surface area (Å²) in [5.74, 6) is 0.0842. The highest BCUT2D eigenvalue weighted by Gasteiger charge is 2.68. The third-order valence-electron chi connectivity index (χ3n) is 4.79. The summed E-state index contributed by atoms with van der Waals surface area (Å²) in [6, 6.07) is 5.45. The SMILES string of the molecule is CC1(C)C(C(=O)Nc2ccc(C(N)=S)cc2Br)C1(C)C. The maximum atomic E-state index is 12.4. The van der Waals surface area contributed by atoms with Crippen molar-refractivity contribution < 1.29 is 4.79 Å². The molecule has 0 radical (unpaired) electrons. The van der Waals surface area contributed by atoms with E-state index in [1.807, 2.05) is 18.2 Å². The van der Waals surface area contributed by atoms with Gasteiger partial charge in [0.1, 0.15) is 4.99 Å². The van der Waals surface area contributed by atoms with Gasteiger partial charge in [0.2, 0.25) is 5.91 Å². The second kappa shape index (κ2) is 4.81. The molecule has 0 aliphatic heterocycles. The highest BCUT2D eigenvalue weighted by molar-refractivity contribution is 9.10. The number of benzene rings is 1. The summed E-state index contributed by atoms with van der Waals surface area (Å²) >= 11 is 8.37. The molecule has 1 aliphatic carbocycles. The fraction of sp³-hybridized carbons (Fsp3) is 0.467. The molecular weight excluding hydrogens is 336 g/mol. The second-order valence-electron chi connectivity index (χ2n) is 6.42. The van der Waals surface area contributed by atoms with E-state index in [0.29, 0.717) is 4.99 Å². The normalized spacial score (nSPS) is 19.4. The lowest BCUT2D eigenvalue weighted by Crippen LogP contribution is -2.18. The van der Waals surface area contributed by atoms with Crippen molar-refractivity contribution in [1.29, 1.82) is 0 Å². The van der Waals surface area contributed by atoms with Crippen LogP contribution in [0.4, 0.5) is 5.69 Å². The van der Waals surface area contributed by atoms with Crippen molar-refractivity contribution in [1.82, 2.24) is 0 Å². The Morgan fingerprint density at radius 3 is 2.25 bits per heavy atom. The van der Waals surface area contributed by atoms with Crippen molar-refractivity contribution in [2.24, 2.45) is 22.5 Å². The van der Waals surface area contributed by atoms with E-state index in [0.717, 1.165) is 15.7 Å². The van der Waals surface area contributed by atoms with Crippen LogP contribution in [0.1, 0.15) is 33.3 Å². The van der Waals surface area contributed by atoms with Gasteiger partial charge in [-0.2, -0.15) is 0 Å². The van der Waals surface area contributed by atoms with Crippen LogP contribution in [0.2, 0.25) is 0 Å². The molecule has 0 heterocycles. The van der Waals surface area contributed by atoms with Crippen molar-refractivity contribution in [3.05, 3.63) is 28.2 Å². The number of hydrogen-bond acceptors (Lipinski definition) is 2. The molecule has 0 atom stereocenters. The van der Waals surface area contributed by atoms with Crippen LogP contribution in [0.25, 0.3) is 0 Å². The van der Waals surface area contributed by atoms with E-state index in [1.54, 1.807) is 0 Å². The topological polar surface area (TPSA) is 55.1 Å². The van der Waals surface area contributed by atoms with E-state index in [9.17, 15) is 4.79 Å². The van der Waals surface area contributed by atoms with Crippen LogP contribution in [0.3, 0.4) is 0 Å². The van der Waals surface area contributed by atoms with Gasteiger partial charge in [0.15, 0.2) is 0 Å². The molecule has 2 rings (SSSR count). The number of hydrogen-bond donors (Lipinski definition) is 2. The summed E-state index contributed by atoms with van der Waals surface area (Å²) in [5, 5.41) is 2.98. The summed E-state index contributed by atoms with van der Waals surface area (Å²) in [5.41, 5.74) is 7.17. The van der Waals surface area contributed by atoms with Crippen molar-refractivity contribution in [3.8, 4) is 0 Å². The number of anilines is 1. The van der Waals surface area contributed by atoms with Gasteiger partial charge in [0.25, 0.3) is 0 Å². The average molecular weight is 355 g/mol. The number of rotatable bonds is 3. The molecule has 1 aromatic carbocycles. The van der Waals surface area contributed by atoms with Gasteiger partial charge in [0, 0.05) is 16.0 Å². The Morgan fingerprint density at radius 2 is 1.85 bits per heavy atom. The Morgan fingerprint density at radius 1 is 1.30 bits per heavy atom. The van der Waals surface area contributed by atoms with Gasteiger partial charge in [-0.05, 0) is 45.0 Å². The number of nitrogens with one attached hydrogen (secondary N) is 1. The Labute approximate surface area is 133 Å². The minimum absolute atomic E-state index is 0.0251. The van der Waals surface area contributed by atoms with E-state index in [1.165, 1.54) is 0 Å². The summed E-state index contributed by atoms with van der Waals surface area (Å²) in [7, 11) is 0. The van der Waals surface area contributed by atoms with Gasteiger partial charge in [-0.1, -0.05) is 39.9 Å². The molecule has 0 saturated heterocycles. The largest absolute Gasteiger partial charge is 0.389 e. The van der Waals surface area contributed by atoms with Crippen molar-refractivity contribution in [2.75, 3.05) is 5.32 Å². The number of carbonyl (C=O) groups excluding carboxylic acids is 1. The minimum atomic E-state index is 0.0251. The van der Waals surface area contributed by atoms with Crippen molar-refractivity contribution in [2.45, 2.75) is 27.7 Å². The Bertz CT molecular complexity index is 582. The van der Waals surface area contributed by atoms with E-state index < -0.39 is 0 Å². The lowest BCUT2D eigenvalue weighted by molar-refractivity contribution is -0.118. The first-order valence-corrected chi connectivity index (χ1v) is 7.69. The Kier molecular flexibility index (Phi) is 3.71. The van der Waals surface area contributed by atoms with Gasteiger partial charge in [-0.3, -0.25) is 4.79 Å². The molecule has 3 N–H and O–H groups in total. The lowest BCUT2D eigenvalue weighted by atomic mass is 10.0. The lowest BCUT2D eigenvalue weighted by Gasteiger charge is -2.10. The van der Waals surface area contributed by atoms with Crippen LogP contribution in [0.15, 0.2) is 22.7 Å². The van der Waals surface area contributed by atoms with Crippen LogP contribution in [-0.2, 0) is 4.79 Å². The van der Waals surface area contributed by atoms with E-state index in [2.05, 4.69) is 48.9 Å². The van der Waals surface area contributed by atoms with Crippen LogP contribution in [0, 0.1) is 16.7 Å². The molecule has 0 spiro atoms. The first-order valence-electron chi connectivity index (χ1n) is 6.49. The average Bonchev–Trinajstić information content (AvgIpc) is 2.72. The molecule has 1 fully saturated rings. The molecule has 20 heavy (non-hydrogen) atoms.